The van der Waals surface area contributed by atoms with Crippen LogP contribution >= 0.6 is 0 Å². The molecule has 0 aliphatic carbocycles. The number of ether oxygens (including phenoxy) is 1. The molecule has 128 valence electrons. The molecule has 1 aromatic rings. The first-order valence-corrected chi connectivity index (χ1v) is 9.07. The molecule has 0 radical (unpaired) electrons. The van der Waals surface area contributed by atoms with E-state index in [1.807, 2.05) is 0 Å². The number of hydrogen-bond donors (Lipinski definition) is 0. The summed E-state index contributed by atoms with van der Waals surface area (Å²) in [5.41, 5.74) is 2.79. The van der Waals surface area contributed by atoms with Crippen molar-refractivity contribution in [3.63, 3.8) is 0 Å². The molecule has 2 aliphatic rings. The first-order chi connectivity index (χ1) is 11.2. The molecule has 0 aromatic heterocycles. The van der Waals surface area contributed by atoms with Crippen LogP contribution in [0.1, 0.15) is 19.4 Å². The van der Waals surface area contributed by atoms with Gasteiger partial charge in [-0.15, -0.1) is 0 Å². The Kier molecular flexibility index (Phi) is 5.92. The van der Waals surface area contributed by atoms with E-state index < -0.39 is 0 Å². The third kappa shape index (κ3) is 4.93. The highest BCUT2D eigenvalue weighted by Crippen LogP contribution is 2.19. The summed E-state index contributed by atoms with van der Waals surface area (Å²) in [6.45, 7) is 15.4. The number of piperazine rings is 1. The van der Waals surface area contributed by atoms with Gasteiger partial charge < -0.3 is 9.64 Å². The summed E-state index contributed by atoms with van der Waals surface area (Å²) in [7, 11) is 0. The molecule has 0 N–H and O–H groups in total. The van der Waals surface area contributed by atoms with E-state index in [1.165, 1.54) is 30.9 Å². The number of morpholine rings is 1. The van der Waals surface area contributed by atoms with Crippen LogP contribution in [0.4, 0.5) is 5.69 Å². The van der Waals surface area contributed by atoms with Crippen LogP contribution in [-0.4, -0.2) is 68.8 Å². The van der Waals surface area contributed by atoms with Crippen molar-refractivity contribution in [2.45, 2.75) is 20.4 Å². The molecule has 0 unspecified atom stereocenters. The fraction of sp³-hybridized carbons (Fsp3) is 0.684. The van der Waals surface area contributed by atoms with Gasteiger partial charge in [-0.2, -0.15) is 0 Å². The van der Waals surface area contributed by atoms with Crippen LogP contribution in [0.2, 0.25) is 0 Å². The summed E-state index contributed by atoms with van der Waals surface area (Å²) in [6, 6.07) is 9.19. The van der Waals surface area contributed by atoms with Gasteiger partial charge in [0.25, 0.3) is 0 Å². The fourth-order valence-corrected chi connectivity index (χ4v) is 3.53. The van der Waals surface area contributed by atoms with Crippen LogP contribution in [0.15, 0.2) is 24.3 Å². The van der Waals surface area contributed by atoms with Gasteiger partial charge in [0, 0.05) is 58.0 Å². The maximum Gasteiger partial charge on any atom is 0.0594 e. The molecule has 2 aliphatic heterocycles. The average Bonchev–Trinajstić information content (AvgIpc) is 2.57. The SMILES string of the molecule is CC(C)CN1CCN(c2ccc(CN3CCOCC3)cc2)CC1. The highest BCUT2D eigenvalue weighted by Gasteiger charge is 2.18. The van der Waals surface area contributed by atoms with Crippen molar-refractivity contribution >= 4 is 5.69 Å². The third-order valence-corrected chi connectivity index (χ3v) is 4.81. The van der Waals surface area contributed by atoms with Crippen molar-refractivity contribution in [3.05, 3.63) is 29.8 Å². The van der Waals surface area contributed by atoms with Gasteiger partial charge in [0.15, 0.2) is 0 Å². The van der Waals surface area contributed by atoms with Crippen molar-refractivity contribution in [2.75, 3.05) is 63.9 Å². The molecule has 0 spiro atoms. The third-order valence-electron chi connectivity index (χ3n) is 4.81. The van der Waals surface area contributed by atoms with Gasteiger partial charge in [-0.25, -0.2) is 0 Å². The Hall–Kier alpha value is -1.10. The maximum absolute atomic E-state index is 5.42. The van der Waals surface area contributed by atoms with Crippen molar-refractivity contribution < 1.29 is 4.74 Å². The van der Waals surface area contributed by atoms with Crippen LogP contribution in [0.25, 0.3) is 0 Å². The molecule has 0 amide bonds. The molecule has 0 atom stereocenters. The highest BCUT2D eigenvalue weighted by atomic mass is 16.5. The van der Waals surface area contributed by atoms with Crippen LogP contribution in [0.5, 0.6) is 0 Å². The van der Waals surface area contributed by atoms with Gasteiger partial charge in [-0.1, -0.05) is 26.0 Å². The van der Waals surface area contributed by atoms with E-state index in [9.17, 15) is 0 Å². The Morgan fingerprint density at radius 2 is 1.52 bits per heavy atom. The van der Waals surface area contributed by atoms with E-state index in [4.69, 9.17) is 4.74 Å². The van der Waals surface area contributed by atoms with E-state index >= 15 is 0 Å². The van der Waals surface area contributed by atoms with Crippen molar-refractivity contribution in [1.29, 1.82) is 0 Å². The lowest BCUT2D eigenvalue weighted by Gasteiger charge is -2.37. The van der Waals surface area contributed by atoms with E-state index in [2.05, 4.69) is 52.8 Å². The van der Waals surface area contributed by atoms with Crippen molar-refractivity contribution in [1.82, 2.24) is 9.80 Å². The molecule has 4 nitrogen and oxygen atoms in total. The fourth-order valence-electron chi connectivity index (χ4n) is 3.53. The summed E-state index contributed by atoms with van der Waals surface area (Å²) < 4.78 is 5.42. The van der Waals surface area contributed by atoms with Crippen LogP contribution in [0.3, 0.4) is 0 Å². The van der Waals surface area contributed by atoms with E-state index in [0.29, 0.717) is 0 Å². The molecule has 4 heteroatoms. The minimum atomic E-state index is 0.765. The minimum absolute atomic E-state index is 0.765. The predicted molar refractivity (Wildman–Crippen MR) is 96.0 cm³/mol. The highest BCUT2D eigenvalue weighted by molar-refractivity contribution is 5.48. The second kappa shape index (κ2) is 8.13. The summed E-state index contributed by atoms with van der Waals surface area (Å²) in [6.07, 6.45) is 0. The molecular formula is C19H31N3O. The quantitative estimate of drug-likeness (QED) is 0.829. The van der Waals surface area contributed by atoms with Gasteiger partial charge in [0.1, 0.15) is 0 Å². The molecule has 2 saturated heterocycles. The predicted octanol–water partition coefficient (Wildman–Crippen LogP) is 2.30. The van der Waals surface area contributed by atoms with Gasteiger partial charge in [0.2, 0.25) is 0 Å². The molecule has 0 bridgehead atoms. The van der Waals surface area contributed by atoms with Gasteiger partial charge in [-0.05, 0) is 23.6 Å². The standard InChI is InChI=1S/C19H31N3O/c1-17(2)15-20-7-9-22(10-8-20)19-5-3-18(4-6-19)16-21-11-13-23-14-12-21/h3-6,17H,7-16H2,1-2H3. The molecule has 2 heterocycles. The van der Waals surface area contributed by atoms with Crippen molar-refractivity contribution in [2.24, 2.45) is 5.92 Å². The molecule has 1 aromatic carbocycles. The number of rotatable bonds is 5. The van der Waals surface area contributed by atoms with Crippen LogP contribution < -0.4 is 4.90 Å². The normalized spacial score (nSPS) is 21.1. The Morgan fingerprint density at radius 1 is 0.870 bits per heavy atom. The molecule has 23 heavy (non-hydrogen) atoms. The number of benzene rings is 1. The summed E-state index contributed by atoms with van der Waals surface area (Å²) >= 11 is 0. The summed E-state index contributed by atoms with van der Waals surface area (Å²) in [5.74, 6) is 0.765. The lowest BCUT2D eigenvalue weighted by Crippen LogP contribution is -2.47. The zero-order valence-electron chi connectivity index (χ0n) is 14.7. The number of anilines is 1. The minimum Gasteiger partial charge on any atom is -0.379 e. The Bertz CT molecular complexity index is 460. The number of nitrogens with zero attached hydrogens (tertiary/aromatic N) is 3. The molecule has 3 rings (SSSR count). The Morgan fingerprint density at radius 3 is 2.13 bits per heavy atom. The summed E-state index contributed by atoms with van der Waals surface area (Å²) in [4.78, 5) is 7.59. The topological polar surface area (TPSA) is 19.0 Å². The number of hydrogen-bond acceptors (Lipinski definition) is 4. The van der Waals surface area contributed by atoms with Crippen LogP contribution in [0, 0.1) is 5.92 Å². The van der Waals surface area contributed by atoms with Gasteiger partial charge in [-0.3, -0.25) is 9.80 Å². The second-order valence-electron chi connectivity index (χ2n) is 7.24. The molecule has 0 saturated carbocycles. The first-order valence-electron chi connectivity index (χ1n) is 9.07. The second-order valence-corrected chi connectivity index (χ2v) is 7.24. The Balaban J connectivity index is 1.49. The summed E-state index contributed by atoms with van der Waals surface area (Å²) in [5, 5.41) is 0. The Labute approximate surface area is 141 Å². The largest absolute Gasteiger partial charge is 0.379 e. The zero-order chi connectivity index (χ0) is 16.1. The zero-order valence-corrected chi connectivity index (χ0v) is 14.7. The van der Waals surface area contributed by atoms with Crippen LogP contribution in [-0.2, 0) is 11.3 Å². The average molecular weight is 317 g/mol. The maximum atomic E-state index is 5.42. The van der Waals surface area contributed by atoms with E-state index in [1.54, 1.807) is 0 Å². The smallest absolute Gasteiger partial charge is 0.0594 e. The molecular weight excluding hydrogens is 286 g/mol. The van der Waals surface area contributed by atoms with Gasteiger partial charge >= 0.3 is 0 Å². The first kappa shape index (κ1) is 16.7. The lowest BCUT2D eigenvalue weighted by atomic mass is 10.1. The molecule has 2 fully saturated rings. The van der Waals surface area contributed by atoms with E-state index in [0.717, 1.165) is 51.9 Å². The lowest BCUT2D eigenvalue weighted by molar-refractivity contribution is 0.0342. The monoisotopic (exact) mass is 317 g/mol. The van der Waals surface area contributed by atoms with Crippen molar-refractivity contribution in [3.8, 4) is 0 Å². The van der Waals surface area contributed by atoms with Gasteiger partial charge in [0.05, 0.1) is 13.2 Å². The van der Waals surface area contributed by atoms with E-state index in [-0.39, 0.29) is 0 Å².